The fourth-order valence-corrected chi connectivity index (χ4v) is 5.57. The third-order valence-electron chi connectivity index (χ3n) is 7.51. The minimum absolute atomic E-state index is 0.0424. The van der Waals surface area contributed by atoms with Crippen LogP contribution in [-0.2, 0) is 16.0 Å². The third-order valence-corrected chi connectivity index (χ3v) is 7.51. The van der Waals surface area contributed by atoms with Gasteiger partial charge in [0.05, 0.1) is 13.1 Å². The van der Waals surface area contributed by atoms with E-state index in [4.69, 9.17) is 0 Å². The van der Waals surface area contributed by atoms with E-state index in [1.54, 1.807) is 0 Å². The molecule has 1 saturated carbocycles. The van der Waals surface area contributed by atoms with Gasteiger partial charge in [-0.05, 0) is 42.7 Å². The molecule has 1 aromatic carbocycles. The van der Waals surface area contributed by atoms with Gasteiger partial charge in [-0.1, -0.05) is 44.4 Å². The van der Waals surface area contributed by atoms with Gasteiger partial charge >= 0.3 is 0 Å². The lowest BCUT2D eigenvalue weighted by molar-refractivity contribution is -0.136. The summed E-state index contributed by atoms with van der Waals surface area (Å²) in [5.41, 5.74) is 2.08. The zero-order valence-electron chi connectivity index (χ0n) is 19.0. The summed E-state index contributed by atoms with van der Waals surface area (Å²) in [6.07, 6.45) is 7.48. The minimum atomic E-state index is 0.0424. The number of piperidine rings is 1. The van der Waals surface area contributed by atoms with Crippen LogP contribution in [0, 0.1) is 11.8 Å². The average molecular weight is 427 g/mol. The Morgan fingerprint density at radius 1 is 0.903 bits per heavy atom. The minimum Gasteiger partial charge on any atom is -0.341 e. The fraction of sp³-hybridized carbons (Fsp3) is 0.680. The predicted molar refractivity (Wildman–Crippen MR) is 124 cm³/mol. The predicted octanol–water partition coefficient (Wildman–Crippen LogP) is 2.84. The van der Waals surface area contributed by atoms with E-state index < -0.39 is 0 Å². The maximum Gasteiger partial charge on any atom is 0.238 e. The number of amides is 2. The van der Waals surface area contributed by atoms with Crippen molar-refractivity contribution >= 4 is 17.5 Å². The number of anilines is 1. The van der Waals surface area contributed by atoms with Gasteiger partial charge < -0.3 is 10.2 Å². The van der Waals surface area contributed by atoms with E-state index in [-0.39, 0.29) is 5.91 Å². The summed E-state index contributed by atoms with van der Waals surface area (Å²) >= 11 is 0. The van der Waals surface area contributed by atoms with E-state index in [2.05, 4.69) is 33.0 Å². The molecule has 0 radical (unpaired) electrons. The monoisotopic (exact) mass is 426 g/mol. The normalized spacial score (nSPS) is 25.1. The molecule has 6 nitrogen and oxygen atoms in total. The first-order chi connectivity index (χ1) is 15.1. The number of para-hydroxylation sites is 1. The summed E-state index contributed by atoms with van der Waals surface area (Å²) < 4.78 is 0. The molecule has 2 amide bonds. The van der Waals surface area contributed by atoms with Crippen molar-refractivity contribution in [2.45, 2.75) is 45.4 Å². The molecule has 0 unspecified atom stereocenters. The van der Waals surface area contributed by atoms with Crippen LogP contribution in [0.4, 0.5) is 5.69 Å². The highest BCUT2D eigenvalue weighted by Crippen LogP contribution is 2.36. The van der Waals surface area contributed by atoms with Gasteiger partial charge in [-0.25, -0.2) is 0 Å². The smallest absolute Gasteiger partial charge is 0.238 e. The second-order valence-electron chi connectivity index (χ2n) is 9.54. The molecule has 1 N–H and O–H groups in total. The lowest BCUT2D eigenvalue weighted by Crippen LogP contribution is -2.53. The van der Waals surface area contributed by atoms with E-state index in [1.165, 1.54) is 32.1 Å². The Morgan fingerprint density at radius 2 is 1.58 bits per heavy atom. The fourth-order valence-electron chi connectivity index (χ4n) is 5.57. The van der Waals surface area contributed by atoms with Crippen molar-refractivity contribution in [3.8, 4) is 0 Å². The molecule has 170 valence electrons. The SMILES string of the molecule is CCc1ccccc1NC(=O)CN1CCN(CC(=O)N2CC[C@@H]3CCCC[C@@H]3C2)CC1. The Bertz CT molecular complexity index is 760. The number of rotatable bonds is 6. The number of hydrogen-bond acceptors (Lipinski definition) is 4. The van der Waals surface area contributed by atoms with Crippen LogP contribution in [0.3, 0.4) is 0 Å². The Morgan fingerprint density at radius 3 is 2.32 bits per heavy atom. The van der Waals surface area contributed by atoms with Crippen LogP contribution in [0.15, 0.2) is 24.3 Å². The van der Waals surface area contributed by atoms with E-state index >= 15 is 0 Å². The molecule has 2 atom stereocenters. The molecule has 0 aromatic heterocycles. The Kier molecular flexibility index (Phi) is 7.62. The number of hydrogen-bond donors (Lipinski definition) is 1. The van der Waals surface area contributed by atoms with Crippen LogP contribution in [-0.4, -0.2) is 78.9 Å². The Hall–Kier alpha value is -1.92. The summed E-state index contributed by atoms with van der Waals surface area (Å²) in [7, 11) is 0. The van der Waals surface area contributed by atoms with Crippen molar-refractivity contribution in [1.82, 2.24) is 14.7 Å². The van der Waals surface area contributed by atoms with Crippen LogP contribution in [0.2, 0.25) is 0 Å². The van der Waals surface area contributed by atoms with Gasteiger partial charge in [0.15, 0.2) is 0 Å². The van der Waals surface area contributed by atoms with E-state index in [0.29, 0.717) is 19.0 Å². The first kappa shape index (κ1) is 22.3. The van der Waals surface area contributed by atoms with Gasteiger partial charge in [0, 0.05) is 45.0 Å². The zero-order valence-corrected chi connectivity index (χ0v) is 19.0. The summed E-state index contributed by atoms with van der Waals surface area (Å²) in [5, 5.41) is 3.06. The molecule has 0 bridgehead atoms. The summed E-state index contributed by atoms with van der Waals surface area (Å²) in [6, 6.07) is 7.99. The van der Waals surface area contributed by atoms with Crippen LogP contribution >= 0.6 is 0 Å². The van der Waals surface area contributed by atoms with Crippen molar-refractivity contribution in [2.24, 2.45) is 11.8 Å². The second-order valence-corrected chi connectivity index (χ2v) is 9.54. The Balaban J connectivity index is 1.18. The van der Waals surface area contributed by atoms with E-state index in [0.717, 1.165) is 68.8 Å². The standard InChI is InChI=1S/C25H38N4O2/c1-2-20-7-5-6-10-23(20)26-24(30)18-27-13-15-28(16-14-27)19-25(31)29-12-11-21-8-3-4-9-22(21)17-29/h5-7,10,21-22H,2-4,8-9,11-19H2,1H3,(H,26,30)/t21-,22+/m0/s1. The van der Waals surface area contributed by atoms with Crippen molar-refractivity contribution < 1.29 is 9.59 Å². The van der Waals surface area contributed by atoms with Gasteiger partial charge in [-0.3, -0.25) is 19.4 Å². The highest BCUT2D eigenvalue weighted by Gasteiger charge is 2.33. The molecular weight excluding hydrogens is 388 g/mol. The molecule has 0 spiro atoms. The molecule has 1 aromatic rings. The lowest BCUT2D eigenvalue weighted by atomic mass is 9.75. The molecule has 1 aliphatic carbocycles. The van der Waals surface area contributed by atoms with Crippen LogP contribution < -0.4 is 5.32 Å². The summed E-state index contributed by atoms with van der Waals surface area (Å²) in [5.74, 6) is 1.93. The van der Waals surface area contributed by atoms with E-state index in [9.17, 15) is 9.59 Å². The van der Waals surface area contributed by atoms with E-state index in [1.807, 2.05) is 18.2 Å². The van der Waals surface area contributed by atoms with Crippen molar-refractivity contribution in [1.29, 1.82) is 0 Å². The van der Waals surface area contributed by atoms with Crippen molar-refractivity contribution in [2.75, 3.05) is 57.7 Å². The number of carbonyl (C=O) groups excluding carboxylic acids is 2. The molecule has 3 fully saturated rings. The number of carbonyl (C=O) groups is 2. The van der Waals surface area contributed by atoms with Crippen LogP contribution in [0.1, 0.15) is 44.6 Å². The topological polar surface area (TPSA) is 55.9 Å². The first-order valence-corrected chi connectivity index (χ1v) is 12.2. The number of fused-ring (bicyclic) bond motifs is 1. The molecule has 2 heterocycles. The summed E-state index contributed by atoms with van der Waals surface area (Å²) in [4.78, 5) is 31.9. The molecule has 6 heteroatoms. The quantitative estimate of drug-likeness (QED) is 0.760. The highest BCUT2D eigenvalue weighted by atomic mass is 16.2. The molecule has 2 saturated heterocycles. The number of likely N-dealkylation sites (tertiary alicyclic amines) is 1. The number of benzene rings is 1. The van der Waals surface area contributed by atoms with Gasteiger partial charge in [0.2, 0.25) is 11.8 Å². The molecule has 3 aliphatic rings. The number of piperazine rings is 1. The first-order valence-electron chi connectivity index (χ1n) is 12.2. The number of aryl methyl sites for hydroxylation is 1. The summed E-state index contributed by atoms with van der Waals surface area (Å²) in [6.45, 7) is 8.33. The van der Waals surface area contributed by atoms with Crippen molar-refractivity contribution in [3.05, 3.63) is 29.8 Å². The van der Waals surface area contributed by atoms with Crippen molar-refractivity contribution in [3.63, 3.8) is 0 Å². The lowest BCUT2D eigenvalue weighted by Gasteiger charge is -2.42. The number of nitrogens with one attached hydrogen (secondary N) is 1. The molecular formula is C25H38N4O2. The average Bonchev–Trinajstić information content (AvgIpc) is 2.80. The molecule has 31 heavy (non-hydrogen) atoms. The van der Waals surface area contributed by atoms with Gasteiger partial charge in [0.25, 0.3) is 0 Å². The van der Waals surface area contributed by atoms with Crippen LogP contribution in [0.25, 0.3) is 0 Å². The molecule has 2 aliphatic heterocycles. The number of nitrogens with zero attached hydrogens (tertiary/aromatic N) is 3. The van der Waals surface area contributed by atoms with Gasteiger partial charge in [-0.15, -0.1) is 0 Å². The third kappa shape index (κ3) is 5.86. The largest absolute Gasteiger partial charge is 0.341 e. The molecule has 4 rings (SSSR count). The highest BCUT2D eigenvalue weighted by molar-refractivity contribution is 5.93. The van der Waals surface area contributed by atoms with Crippen LogP contribution in [0.5, 0.6) is 0 Å². The maximum atomic E-state index is 12.9. The second kappa shape index (κ2) is 10.6. The maximum absolute atomic E-state index is 12.9. The van der Waals surface area contributed by atoms with Gasteiger partial charge in [-0.2, -0.15) is 0 Å². The van der Waals surface area contributed by atoms with Gasteiger partial charge in [0.1, 0.15) is 0 Å². The Labute approximate surface area is 187 Å². The zero-order chi connectivity index (χ0) is 21.6.